The Morgan fingerprint density at radius 1 is 1.38 bits per heavy atom. The number of aliphatic hydroxyl groups excluding tert-OH is 1. The molecule has 0 bridgehead atoms. The number of aromatic nitrogens is 1. The van der Waals surface area contributed by atoms with Gasteiger partial charge in [0.05, 0.1) is 12.3 Å². The van der Waals surface area contributed by atoms with E-state index in [2.05, 4.69) is 4.98 Å². The van der Waals surface area contributed by atoms with Crippen LogP contribution in [0, 0.1) is 0 Å². The third kappa shape index (κ3) is 3.32. The molecule has 1 N–H and O–H groups in total. The van der Waals surface area contributed by atoms with Crippen LogP contribution >= 0.6 is 11.3 Å². The van der Waals surface area contributed by atoms with Crippen molar-refractivity contribution in [3.8, 4) is 5.75 Å². The van der Waals surface area contributed by atoms with Gasteiger partial charge in [0.1, 0.15) is 12.4 Å². The lowest BCUT2D eigenvalue weighted by Gasteiger charge is -2.10. The van der Waals surface area contributed by atoms with Crippen LogP contribution in [0.4, 0.5) is 0 Å². The van der Waals surface area contributed by atoms with E-state index in [0.717, 1.165) is 0 Å². The van der Waals surface area contributed by atoms with E-state index in [9.17, 15) is 5.11 Å². The number of thiophene rings is 1. The van der Waals surface area contributed by atoms with E-state index < -0.39 is 6.10 Å². The maximum Gasteiger partial charge on any atom is 0.137 e. The summed E-state index contributed by atoms with van der Waals surface area (Å²) in [6.07, 6.45) is 3.49. The molecule has 0 saturated heterocycles. The van der Waals surface area contributed by atoms with Crippen molar-refractivity contribution >= 4 is 11.3 Å². The normalized spacial score (nSPS) is 12.3. The van der Waals surface area contributed by atoms with Crippen molar-refractivity contribution in [2.75, 3.05) is 6.61 Å². The lowest BCUT2D eigenvalue weighted by atomic mass is 10.2. The summed E-state index contributed by atoms with van der Waals surface area (Å²) in [4.78, 5) is 5.10. The second-order valence-electron chi connectivity index (χ2n) is 3.44. The van der Waals surface area contributed by atoms with E-state index in [1.165, 1.54) is 4.88 Å². The zero-order valence-corrected chi connectivity index (χ0v) is 9.56. The highest BCUT2D eigenvalue weighted by Crippen LogP contribution is 2.12. The highest BCUT2D eigenvalue weighted by atomic mass is 32.1. The minimum absolute atomic E-state index is 0.295. The quantitative estimate of drug-likeness (QED) is 0.863. The molecular weight excluding hydrogens is 222 g/mol. The van der Waals surface area contributed by atoms with Gasteiger partial charge in [0.25, 0.3) is 0 Å². The second kappa shape index (κ2) is 5.63. The lowest BCUT2D eigenvalue weighted by molar-refractivity contribution is 0.108. The average Bonchev–Trinajstić information content (AvgIpc) is 2.81. The molecule has 2 rings (SSSR count). The Labute approximate surface area is 98.4 Å². The molecule has 84 valence electrons. The molecule has 4 heteroatoms. The molecule has 0 spiro atoms. The number of hydrogen-bond acceptors (Lipinski definition) is 4. The van der Waals surface area contributed by atoms with Gasteiger partial charge in [0, 0.05) is 17.5 Å². The van der Waals surface area contributed by atoms with Gasteiger partial charge in [-0.3, -0.25) is 4.98 Å². The lowest BCUT2D eigenvalue weighted by Crippen LogP contribution is -2.19. The van der Waals surface area contributed by atoms with Crippen LogP contribution in [0.15, 0.2) is 42.0 Å². The largest absolute Gasteiger partial charge is 0.489 e. The Bertz CT molecular complexity index is 402. The van der Waals surface area contributed by atoms with Crippen LogP contribution in [0.3, 0.4) is 0 Å². The van der Waals surface area contributed by atoms with E-state index in [1.807, 2.05) is 23.6 Å². The first-order chi connectivity index (χ1) is 7.84. The molecule has 1 atom stereocenters. The van der Waals surface area contributed by atoms with Crippen LogP contribution in [0.1, 0.15) is 4.88 Å². The van der Waals surface area contributed by atoms with Crippen molar-refractivity contribution in [3.05, 3.63) is 46.9 Å². The molecule has 3 nitrogen and oxygen atoms in total. The number of pyridine rings is 1. The Hall–Kier alpha value is -1.39. The molecule has 0 aliphatic rings. The fourth-order valence-corrected chi connectivity index (χ4v) is 2.12. The summed E-state index contributed by atoms with van der Waals surface area (Å²) < 4.78 is 5.41. The molecule has 0 amide bonds. The predicted octanol–water partition coefficient (Wildman–Crippen LogP) is 2.13. The van der Waals surface area contributed by atoms with E-state index in [4.69, 9.17) is 4.74 Å². The van der Waals surface area contributed by atoms with Gasteiger partial charge in [0.2, 0.25) is 0 Å². The summed E-state index contributed by atoms with van der Waals surface area (Å²) >= 11 is 1.65. The Morgan fingerprint density at radius 3 is 3.00 bits per heavy atom. The molecule has 0 aliphatic carbocycles. The first-order valence-corrected chi connectivity index (χ1v) is 5.96. The molecule has 2 heterocycles. The summed E-state index contributed by atoms with van der Waals surface area (Å²) in [7, 11) is 0. The van der Waals surface area contributed by atoms with Gasteiger partial charge in [-0.25, -0.2) is 0 Å². The Morgan fingerprint density at radius 2 is 2.31 bits per heavy atom. The van der Waals surface area contributed by atoms with E-state index in [-0.39, 0.29) is 0 Å². The minimum atomic E-state index is -0.473. The summed E-state index contributed by atoms with van der Waals surface area (Å²) in [6, 6.07) is 7.62. The highest BCUT2D eigenvalue weighted by molar-refractivity contribution is 7.09. The second-order valence-corrected chi connectivity index (χ2v) is 4.47. The number of ether oxygens (including phenoxy) is 1. The van der Waals surface area contributed by atoms with Crippen molar-refractivity contribution in [1.82, 2.24) is 4.98 Å². The van der Waals surface area contributed by atoms with E-state index >= 15 is 0 Å². The number of rotatable bonds is 5. The van der Waals surface area contributed by atoms with Crippen LogP contribution in [-0.4, -0.2) is 22.8 Å². The van der Waals surface area contributed by atoms with Gasteiger partial charge in [-0.05, 0) is 23.6 Å². The summed E-state index contributed by atoms with van der Waals surface area (Å²) in [5, 5.41) is 11.7. The van der Waals surface area contributed by atoms with Crippen LogP contribution in [-0.2, 0) is 6.42 Å². The molecule has 16 heavy (non-hydrogen) atoms. The monoisotopic (exact) mass is 235 g/mol. The Kier molecular flexibility index (Phi) is 3.91. The molecule has 0 fully saturated rings. The maximum atomic E-state index is 9.74. The molecule has 0 saturated carbocycles. The first-order valence-electron chi connectivity index (χ1n) is 5.08. The van der Waals surface area contributed by atoms with Gasteiger partial charge in [-0.2, -0.15) is 0 Å². The SMILES string of the molecule is OC(COc1cccnc1)Cc1cccs1. The van der Waals surface area contributed by atoms with Gasteiger partial charge < -0.3 is 9.84 Å². The van der Waals surface area contributed by atoms with E-state index in [1.54, 1.807) is 29.8 Å². The standard InChI is InChI=1S/C12H13NO2S/c14-10(7-12-4-2-6-16-12)9-15-11-3-1-5-13-8-11/h1-6,8,10,14H,7,9H2. The number of nitrogens with zero attached hydrogens (tertiary/aromatic N) is 1. The summed E-state index contributed by atoms with van der Waals surface area (Å²) in [5.74, 6) is 0.688. The smallest absolute Gasteiger partial charge is 0.137 e. The third-order valence-corrected chi connectivity index (χ3v) is 2.99. The van der Waals surface area contributed by atoms with Crippen molar-refractivity contribution < 1.29 is 9.84 Å². The number of hydrogen-bond donors (Lipinski definition) is 1. The summed E-state index contributed by atoms with van der Waals surface area (Å²) in [5.41, 5.74) is 0. The molecule has 2 aromatic rings. The van der Waals surface area contributed by atoms with Crippen molar-refractivity contribution in [1.29, 1.82) is 0 Å². The first kappa shape index (κ1) is 11.1. The molecular formula is C12H13NO2S. The van der Waals surface area contributed by atoms with Gasteiger partial charge in [0.15, 0.2) is 0 Å². The van der Waals surface area contributed by atoms with Crippen molar-refractivity contribution in [3.63, 3.8) is 0 Å². The average molecular weight is 235 g/mol. The number of aliphatic hydroxyl groups is 1. The molecule has 0 radical (unpaired) electrons. The maximum absolute atomic E-state index is 9.74. The predicted molar refractivity (Wildman–Crippen MR) is 63.8 cm³/mol. The zero-order chi connectivity index (χ0) is 11.2. The zero-order valence-electron chi connectivity index (χ0n) is 8.74. The van der Waals surface area contributed by atoms with Crippen LogP contribution in [0.2, 0.25) is 0 Å². The molecule has 0 aromatic carbocycles. The van der Waals surface area contributed by atoms with Gasteiger partial charge in [-0.15, -0.1) is 11.3 Å². The topological polar surface area (TPSA) is 42.4 Å². The van der Waals surface area contributed by atoms with Crippen molar-refractivity contribution in [2.45, 2.75) is 12.5 Å². The fraction of sp³-hybridized carbons (Fsp3) is 0.250. The van der Waals surface area contributed by atoms with Crippen molar-refractivity contribution in [2.24, 2.45) is 0 Å². The van der Waals surface area contributed by atoms with Gasteiger partial charge >= 0.3 is 0 Å². The Balaban J connectivity index is 1.78. The minimum Gasteiger partial charge on any atom is -0.489 e. The van der Waals surface area contributed by atoms with E-state index in [0.29, 0.717) is 18.8 Å². The fourth-order valence-electron chi connectivity index (χ4n) is 1.34. The highest BCUT2D eigenvalue weighted by Gasteiger charge is 2.07. The van der Waals surface area contributed by atoms with Gasteiger partial charge in [-0.1, -0.05) is 6.07 Å². The molecule has 0 aliphatic heterocycles. The summed E-state index contributed by atoms with van der Waals surface area (Å²) in [6.45, 7) is 0.295. The van der Waals surface area contributed by atoms with Crippen LogP contribution in [0.5, 0.6) is 5.75 Å². The third-order valence-electron chi connectivity index (χ3n) is 2.09. The molecule has 1 unspecified atom stereocenters. The molecule has 2 aromatic heterocycles. The van der Waals surface area contributed by atoms with Crippen LogP contribution < -0.4 is 4.74 Å². The van der Waals surface area contributed by atoms with Crippen LogP contribution in [0.25, 0.3) is 0 Å².